The molecule has 3 atom stereocenters. The Morgan fingerprint density at radius 1 is 1.21 bits per heavy atom. The Morgan fingerprint density at radius 3 is 2.71 bits per heavy atom. The van der Waals surface area contributed by atoms with Crippen molar-refractivity contribution in [3.8, 4) is 0 Å². The average Bonchev–Trinajstić information content (AvgIpc) is 3.30. The van der Waals surface area contributed by atoms with E-state index in [1.807, 2.05) is 4.90 Å². The zero-order chi connectivity index (χ0) is 19.4. The predicted molar refractivity (Wildman–Crippen MR) is 95.4 cm³/mol. The van der Waals surface area contributed by atoms with Crippen LogP contribution in [0.15, 0.2) is 22.8 Å². The number of rotatable bonds is 3. The molecule has 4 aliphatic rings. The molecule has 2 aromatic rings. The van der Waals surface area contributed by atoms with Crippen LogP contribution in [0.25, 0.3) is 0 Å². The van der Waals surface area contributed by atoms with Crippen molar-refractivity contribution < 1.29 is 18.2 Å². The number of aryl methyl sites for hydroxylation is 1. The summed E-state index contributed by atoms with van der Waals surface area (Å²) in [5.41, 5.74) is 1.51. The van der Waals surface area contributed by atoms with E-state index in [1.54, 1.807) is 19.1 Å². The molecule has 0 spiro atoms. The standard InChI is InChI=1S/C20H22F2N4O2/c1-11-16(24-28-23-11)9-17(27)26-10-14(13-3-2-4-15(21)18(13)22)20-19(26)12-5-7-25(20)8-6-12/h2-4,12,14,19-20H,5-10H2,1H3/t14-,19+,20+/m0/s1. The van der Waals surface area contributed by atoms with Gasteiger partial charge in [0.15, 0.2) is 11.6 Å². The molecule has 4 aliphatic heterocycles. The first-order valence-electron chi connectivity index (χ1n) is 9.80. The molecule has 6 rings (SSSR count). The highest BCUT2D eigenvalue weighted by Crippen LogP contribution is 2.47. The molecule has 28 heavy (non-hydrogen) atoms. The van der Waals surface area contributed by atoms with Crippen LogP contribution >= 0.6 is 0 Å². The fourth-order valence-corrected chi connectivity index (χ4v) is 5.44. The Morgan fingerprint density at radius 2 is 2.00 bits per heavy atom. The number of amides is 1. The first-order valence-corrected chi connectivity index (χ1v) is 9.80. The minimum absolute atomic E-state index is 0.0304. The summed E-state index contributed by atoms with van der Waals surface area (Å²) >= 11 is 0. The third-order valence-electron chi connectivity index (χ3n) is 6.76. The third kappa shape index (κ3) is 2.65. The number of benzene rings is 1. The molecule has 8 heteroatoms. The number of aromatic nitrogens is 2. The molecule has 148 valence electrons. The van der Waals surface area contributed by atoms with Gasteiger partial charge in [0.2, 0.25) is 5.91 Å². The molecule has 6 nitrogen and oxygen atoms in total. The number of likely N-dealkylation sites (tertiary alicyclic amines) is 1. The van der Waals surface area contributed by atoms with Crippen LogP contribution in [0.3, 0.4) is 0 Å². The van der Waals surface area contributed by atoms with Crippen LogP contribution in [0.2, 0.25) is 0 Å². The average molecular weight is 388 g/mol. The van der Waals surface area contributed by atoms with Gasteiger partial charge in [-0.2, -0.15) is 0 Å². The zero-order valence-corrected chi connectivity index (χ0v) is 15.6. The minimum Gasteiger partial charge on any atom is -0.337 e. The molecule has 0 aliphatic carbocycles. The highest BCUT2D eigenvalue weighted by atomic mass is 19.2. The van der Waals surface area contributed by atoms with Gasteiger partial charge in [0.25, 0.3) is 0 Å². The summed E-state index contributed by atoms with van der Waals surface area (Å²) in [7, 11) is 0. The maximum Gasteiger partial charge on any atom is 0.229 e. The lowest BCUT2D eigenvalue weighted by atomic mass is 9.75. The molecule has 0 N–H and O–H groups in total. The van der Waals surface area contributed by atoms with E-state index < -0.39 is 11.6 Å². The lowest BCUT2D eigenvalue weighted by Gasteiger charge is -2.51. The summed E-state index contributed by atoms with van der Waals surface area (Å²) in [6.07, 6.45) is 2.19. The molecular weight excluding hydrogens is 366 g/mol. The highest BCUT2D eigenvalue weighted by Gasteiger charge is 2.55. The van der Waals surface area contributed by atoms with Crippen molar-refractivity contribution >= 4 is 5.91 Å². The number of fused-ring (bicyclic) bond motifs is 2. The molecule has 4 saturated heterocycles. The molecule has 2 bridgehead atoms. The number of halogens is 2. The topological polar surface area (TPSA) is 62.5 Å². The van der Waals surface area contributed by atoms with E-state index in [9.17, 15) is 13.6 Å². The Hall–Kier alpha value is -2.35. The Labute approximate surface area is 161 Å². The molecular formula is C20H22F2N4O2. The SMILES string of the molecule is Cc1nonc1CC(=O)N1C[C@@H](c2cccc(F)c2F)[C@@H]2[C@H]1C1CCN2CC1. The monoisotopic (exact) mass is 388 g/mol. The number of hydrogen-bond acceptors (Lipinski definition) is 5. The van der Waals surface area contributed by atoms with Crippen LogP contribution in [0.1, 0.15) is 35.7 Å². The Kier molecular flexibility index (Phi) is 4.19. The van der Waals surface area contributed by atoms with E-state index in [2.05, 4.69) is 15.2 Å². The number of carbonyl (C=O) groups is 1. The van der Waals surface area contributed by atoms with Crippen molar-refractivity contribution in [2.75, 3.05) is 19.6 Å². The molecule has 0 radical (unpaired) electrons. The summed E-state index contributed by atoms with van der Waals surface area (Å²) in [6.45, 7) is 4.05. The predicted octanol–water partition coefficient (Wildman–Crippen LogP) is 2.29. The smallest absolute Gasteiger partial charge is 0.229 e. The van der Waals surface area contributed by atoms with Crippen molar-refractivity contribution in [3.63, 3.8) is 0 Å². The fraction of sp³-hybridized carbons (Fsp3) is 0.550. The summed E-state index contributed by atoms with van der Waals surface area (Å²) in [5, 5.41) is 7.57. The second-order valence-electron chi connectivity index (χ2n) is 8.12. The number of hydrogen-bond donors (Lipinski definition) is 0. The zero-order valence-electron chi connectivity index (χ0n) is 15.6. The molecule has 0 unspecified atom stereocenters. The normalized spacial score (nSPS) is 31.2. The first kappa shape index (κ1) is 17.7. The van der Waals surface area contributed by atoms with Crippen molar-refractivity contribution in [3.05, 3.63) is 46.8 Å². The van der Waals surface area contributed by atoms with Crippen LogP contribution in [0.4, 0.5) is 8.78 Å². The quantitative estimate of drug-likeness (QED) is 0.807. The molecule has 5 heterocycles. The van der Waals surface area contributed by atoms with Crippen LogP contribution in [0.5, 0.6) is 0 Å². The van der Waals surface area contributed by atoms with Gasteiger partial charge in [-0.3, -0.25) is 9.69 Å². The van der Waals surface area contributed by atoms with E-state index in [4.69, 9.17) is 4.63 Å². The lowest BCUT2D eigenvalue weighted by Crippen LogP contribution is -2.60. The largest absolute Gasteiger partial charge is 0.337 e. The van der Waals surface area contributed by atoms with Crippen LogP contribution < -0.4 is 0 Å². The maximum atomic E-state index is 14.6. The van der Waals surface area contributed by atoms with E-state index in [-0.39, 0.29) is 30.3 Å². The number of nitrogens with zero attached hydrogens (tertiary/aromatic N) is 4. The van der Waals surface area contributed by atoms with E-state index in [0.717, 1.165) is 32.0 Å². The molecule has 0 saturated carbocycles. The highest BCUT2D eigenvalue weighted by molar-refractivity contribution is 5.79. The van der Waals surface area contributed by atoms with Gasteiger partial charge < -0.3 is 4.90 Å². The van der Waals surface area contributed by atoms with Crippen LogP contribution in [-0.2, 0) is 11.2 Å². The molecule has 1 aromatic carbocycles. The number of carbonyl (C=O) groups excluding carboxylic acids is 1. The molecule has 1 amide bonds. The minimum atomic E-state index is -0.834. The first-order chi connectivity index (χ1) is 13.5. The van der Waals surface area contributed by atoms with Gasteiger partial charge in [0.1, 0.15) is 11.4 Å². The van der Waals surface area contributed by atoms with Gasteiger partial charge >= 0.3 is 0 Å². The summed E-state index contributed by atoms with van der Waals surface area (Å²) < 4.78 is 33.2. The lowest BCUT2D eigenvalue weighted by molar-refractivity contribution is -0.135. The van der Waals surface area contributed by atoms with Crippen LogP contribution in [-0.4, -0.2) is 57.7 Å². The van der Waals surface area contributed by atoms with Crippen molar-refractivity contribution in [1.29, 1.82) is 0 Å². The summed E-state index contributed by atoms with van der Waals surface area (Å²) in [4.78, 5) is 17.4. The Bertz CT molecular complexity index is 909. The third-order valence-corrected chi connectivity index (χ3v) is 6.76. The maximum absolute atomic E-state index is 14.6. The van der Waals surface area contributed by atoms with Gasteiger partial charge in [-0.05, 0) is 50.4 Å². The molecule has 1 aromatic heterocycles. The van der Waals surface area contributed by atoms with Crippen molar-refractivity contribution in [1.82, 2.24) is 20.1 Å². The van der Waals surface area contributed by atoms with Crippen LogP contribution in [0, 0.1) is 24.5 Å². The van der Waals surface area contributed by atoms with E-state index in [1.165, 1.54) is 0 Å². The van der Waals surface area contributed by atoms with Gasteiger partial charge in [0, 0.05) is 18.5 Å². The van der Waals surface area contributed by atoms with Crippen molar-refractivity contribution in [2.24, 2.45) is 5.92 Å². The molecule has 4 fully saturated rings. The van der Waals surface area contributed by atoms with Gasteiger partial charge in [-0.15, -0.1) is 0 Å². The van der Waals surface area contributed by atoms with E-state index >= 15 is 0 Å². The number of piperidine rings is 3. The van der Waals surface area contributed by atoms with Gasteiger partial charge in [-0.1, -0.05) is 22.4 Å². The van der Waals surface area contributed by atoms with Crippen molar-refractivity contribution in [2.45, 2.75) is 44.2 Å². The van der Waals surface area contributed by atoms with E-state index in [0.29, 0.717) is 29.4 Å². The van der Waals surface area contributed by atoms with Gasteiger partial charge in [0.05, 0.1) is 12.5 Å². The summed E-state index contributed by atoms with van der Waals surface area (Å²) in [5.74, 6) is -1.51. The fourth-order valence-electron chi connectivity index (χ4n) is 5.44. The Balaban J connectivity index is 1.49. The second-order valence-corrected chi connectivity index (χ2v) is 8.12. The second kappa shape index (κ2) is 6.62. The van der Waals surface area contributed by atoms with Gasteiger partial charge in [-0.25, -0.2) is 13.4 Å². The summed E-state index contributed by atoms with van der Waals surface area (Å²) in [6, 6.07) is 4.41.